The van der Waals surface area contributed by atoms with Crippen molar-refractivity contribution in [1.82, 2.24) is 30.5 Å². The molecule has 1 aliphatic carbocycles. The number of tetrazole rings is 1. The number of carbonyl (C=O) groups is 1. The van der Waals surface area contributed by atoms with Gasteiger partial charge in [0.25, 0.3) is 5.91 Å². The van der Waals surface area contributed by atoms with Gasteiger partial charge in [-0.25, -0.2) is 4.98 Å². The number of hydrogen-bond donors (Lipinski definition) is 2. The van der Waals surface area contributed by atoms with Crippen molar-refractivity contribution in [3.63, 3.8) is 0 Å². The molecule has 1 aliphatic rings. The molecule has 32 heavy (non-hydrogen) atoms. The number of carbonyl (C=O) groups excluding carboxylic acids is 1. The Bertz CT molecular complexity index is 1080. The minimum atomic E-state index is -0.247. The Balaban J connectivity index is 1.42. The molecule has 2 heterocycles. The number of nitrogens with one attached hydrogen (secondary N) is 1. The Morgan fingerprint density at radius 3 is 2.72 bits per heavy atom. The highest BCUT2D eigenvalue weighted by Gasteiger charge is 2.22. The van der Waals surface area contributed by atoms with Crippen LogP contribution < -0.4 is 5.32 Å². The Morgan fingerprint density at radius 1 is 1.19 bits per heavy atom. The number of rotatable bonds is 7. The Morgan fingerprint density at radius 2 is 1.97 bits per heavy atom. The molecule has 0 saturated heterocycles. The van der Waals surface area contributed by atoms with Gasteiger partial charge in [0.15, 0.2) is 0 Å². The molecule has 9 heteroatoms. The zero-order valence-electron chi connectivity index (χ0n) is 18.0. The zero-order valence-corrected chi connectivity index (χ0v) is 19.6. The third-order valence-electron chi connectivity index (χ3n) is 5.89. The zero-order chi connectivity index (χ0) is 22.5. The van der Waals surface area contributed by atoms with Gasteiger partial charge in [-0.1, -0.05) is 28.1 Å². The number of aliphatic hydroxyl groups excluding tert-OH is 1. The quantitative estimate of drug-likeness (QED) is 0.515. The highest BCUT2D eigenvalue weighted by Crippen LogP contribution is 2.29. The molecule has 0 radical (unpaired) electrons. The molecule has 168 valence electrons. The number of amides is 1. The number of benzene rings is 1. The lowest BCUT2D eigenvalue weighted by molar-refractivity contribution is 0.0945. The van der Waals surface area contributed by atoms with Gasteiger partial charge in [-0.3, -0.25) is 4.79 Å². The molecule has 1 amide bonds. The first-order valence-corrected chi connectivity index (χ1v) is 11.7. The highest BCUT2D eigenvalue weighted by molar-refractivity contribution is 9.10. The molecule has 0 bridgehead atoms. The van der Waals surface area contributed by atoms with Crippen molar-refractivity contribution in [1.29, 1.82) is 0 Å². The molecule has 8 nitrogen and oxygen atoms in total. The lowest BCUT2D eigenvalue weighted by Gasteiger charge is -2.26. The van der Waals surface area contributed by atoms with Crippen molar-refractivity contribution < 1.29 is 9.90 Å². The fourth-order valence-corrected chi connectivity index (χ4v) is 4.54. The van der Waals surface area contributed by atoms with Gasteiger partial charge in [-0.15, -0.1) is 10.2 Å². The molecule has 1 aromatic carbocycles. The summed E-state index contributed by atoms with van der Waals surface area (Å²) in [5, 5.41) is 25.2. The maximum Gasteiger partial charge on any atom is 0.270 e. The molecule has 1 saturated carbocycles. The standard InChI is InChI=1S/C23H27BrN6O2/c1-15-9-19(11-21(26-15)23(32)25-12-18-3-2-4-20(24)10-18)22-27-29-30(28-22)13-16-5-7-17(14-31)8-6-16/h2-4,9-11,16-17,31H,5-8,12-14H2,1H3,(H,25,32). The van der Waals surface area contributed by atoms with Crippen LogP contribution in [0.25, 0.3) is 11.4 Å². The smallest absolute Gasteiger partial charge is 0.270 e. The van der Waals surface area contributed by atoms with Gasteiger partial charge < -0.3 is 10.4 Å². The largest absolute Gasteiger partial charge is 0.396 e. The summed E-state index contributed by atoms with van der Waals surface area (Å²) < 4.78 is 0.968. The molecule has 3 aromatic rings. The van der Waals surface area contributed by atoms with Crippen LogP contribution >= 0.6 is 15.9 Å². The number of aliphatic hydroxyl groups is 1. The molecule has 0 spiro atoms. The van der Waals surface area contributed by atoms with E-state index in [4.69, 9.17) is 0 Å². The van der Waals surface area contributed by atoms with Crippen LogP contribution in [-0.2, 0) is 13.1 Å². The van der Waals surface area contributed by atoms with E-state index in [1.807, 2.05) is 37.3 Å². The van der Waals surface area contributed by atoms with E-state index in [1.165, 1.54) is 0 Å². The Kier molecular flexibility index (Phi) is 7.26. The third kappa shape index (κ3) is 5.77. The van der Waals surface area contributed by atoms with Gasteiger partial charge in [-0.05, 0) is 79.5 Å². The van der Waals surface area contributed by atoms with E-state index in [-0.39, 0.29) is 12.5 Å². The van der Waals surface area contributed by atoms with Gasteiger partial charge in [-0.2, -0.15) is 4.80 Å². The predicted octanol–water partition coefficient (Wildman–Crippen LogP) is 3.53. The monoisotopic (exact) mass is 498 g/mol. The SMILES string of the molecule is Cc1cc(-c2nnn(CC3CCC(CO)CC3)n2)cc(C(=O)NCc2cccc(Br)c2)n1. The lowest BCUT2D eigenvalue weighted by Crippen LogP contribution is -2.24. The van der Waals surface area contributed by atoms with Crippen LogP contribution in [0.5, 0.6) is 0 Å². The first kappa shape index (κ1) is 22.5. The van der Waals surface area contributed by atoms with Gasteiger partial charge in [0, 0.05) is 28.9 Å². The predicted molar refractivity (Wildman–Crippen MR) is 124 cm³/mol. The van der Waals surface area contributed by atoms with Crippen LogP contribution in [0.2, 0.25) is 0 Å². The van der Waals surface area contributed by atoms with Crippen molar-refractivity contribution in [2.45, 2.75) is 45.7 Å². The number of pyridine rings is 1. The van der Waals surface area contributed by atoms with E-state index < -0.39 is 0 Å². The van der Waals surface area contributed by atoms with E-state index in [9.17, 15) is 9.90 Å². The molecule has 2 N–H and O–H groups in total. The number of aryl methyl sites for hydroxylation is 1. The molecule has 2 aromatic heterocycles. The Labute approximate surface area is 195 Å². The van der Waals surface area contributed by atoms with Crippen LogP contribution in [-0.4, -0.2) is 42.8 Å². The number of halogens is 1. The fourth-order valence-electron chi connectivity index (χ4n) is 4.10. The van der Waals surface area contributed by atoms with Gasteiger partial charge >= 0.3 is 0 Å². The average Bonchev–Trinajstić information content (AvgIpc) is 3.26. The second-order valence-electron chi connectivity index (χ2n) is 8.43. The van der Waals surface area contributed by atoms with E-state index in [0.29, 0.717) is 35.6 Å². The summed E-state index contributed by atoms with van der Waals surface area (Å²) in [5.74, 6) is 1.17. The lowest BCUT2D eigenvalue weighted by atomic mass is 9.82. The first-order chi connectivity index (χ1) is 15.5. The van der Waals surface area contributed by atoms with Crippen molar-refractivity contribution in [2.24, 2.45) is 11.8 Å². The molecule has 0 atom stereocenters. The average molecular weight is 499 g/mol. The summed E-state index contributed by atoms with van der Waals surface area (Å²) in [6.45, 7) is 3.25. The van der Waals surface area contributed by atoms with E-state index in [0.717, 1.165) is 47.8 Å². The summed E-state index contributed by atoms with van der Waals surface area (Å²) in [4.78, 5) is 18.7. The number of hydrogen-bond acceptors (Lipinski definition) is 6. The molecule has 1 fully saturated rings. The summed E-state index contributed by atoms with van der Waals surface area (Å²) in [6, 6.07) is 11.4. The topological polar surface area (TPSA) is 106 Å². The van der Waals surface area contributed by atoms with Crippen LogP contribution in [0.15, 0.2) is 40.9 Å². The van der Waals surface area contributed by atoms with Crippen LogP contribution in [0.1, 0.15) is 47.4 Å². The van der Waals surface area contributed by atoms with E-state index in [1.54, 1.807) is 10.9 Å². The summed E-state index contributed by atoms with van der Waals surface area (Å²) in [5.41, 5.74) is 2.76. The van der Waals surface area contributed by atoms with Crippen LogP contribution in [0.3, 0.4) is 0 Å². The molecule has 4 rings (SSSR count). The second kappa shape index (κ2) is 10.3. The summed E-state index contributed by atoms with van der Waals surface area (Å²) in [7, 11) is 0. The number of nitrogens with zero attached hydrogens (tertiary/aromatic N) is 5. The van der Waals surface area contributed by atoms with Gasteiger partial charge in [0.2, 0.25) is 5.82 Å². The van der Waals surface area contributed by atoms with Crippen molar-refractivity contribution in [3.05, 3.63) is 57.8 Å². The molecule has 0 aliphatic heterocycles. The normalized spacial score (nSPS) is 18.5. The summed E-state index contributed by atoms with van der Waals surface area (Å²) >= 11 is 3.44. The van der Waals surface area contributed by atoms with E-state index >= 15 is 0 Å². The second-order valence-corrected chi connectivity index (χ2v) is 9.35. The Hall–Kier alpha value is -2.65. The molecule has 0 unspecified atom stereocenters. The van der Waals surface area contributed by atoms with E-state index in [2.05, 4.69) is 41.6 Å². The maximum absolute atomic E-state index is 12.7. The van der Waals surface area contributed by atoms with Crippen molar-refractivity contribution in [2.75, 3.05) is 6.61 Å². The van der Waals surface area contributed by atoms with Gasteiger partial charge in [0.05, 0.1) is 6.54 Å². The first-order valence-electron chi connectivity index (χ1n) is 10.9. The third-order valence-corrected chi connectivity index (χ3v) is 6.38. The maximum atomic E-state index is 12.7. The van der Waals surface area contributed by atoms with Crippen molar-refractivity contribution >= 4 is 21.8 Å². The minimum absolute atomic E-state index is 0.247. The van der Waals surface area contributed by atoms with Gasteiger partial charge in [0.1, 0.15) is 5.69 Å². The van der Waals surface area contributed by atoms with Crippen LogP contribution in [0, 0.1) is 18.8 Å². The highest BCUT2D eigenvalue weighted by atomic mass is 79.9. The van der Waals surface area contributed by atoms with Crippen LogP contribution in [0.4, 0.5) is 0 Å². The van der Waals surface area contributed by atoms with Crippen molar-refractivity contribution in [3.8, 4) is 11.4 Å². The molecular weight excluding hydrogens is 472 g/mol. The minimum Gasteiger partial charge on any atom is -0.396 e. The summed E-state index contributed by atoms with van der Waals surface area (Å²) in [6.07, 6.45) is 4.23. The number of aromatic nitrogens is 5. The molecular formula is C23H27BrN6O2. The fraction of sp³-hybridized carbons (Fsp3) is 0.435.